The van der Waals surface area contributed by atoms with Gasteiger partial charge in [0.1, 0.15) is 30.1 Å². The Hall–Kier alpha value is -3.52. The van der Waals surface area contributed by atoms with Gasteiger partial charge in [-0.1, -0.05) is 117 Å². The first-order valence-corrected chi connectivity index (χ1v) is 16.1. The first kappa shape index (κ1) is 40.5. The molecule has 7 rings (SSSR count). The number of benzene rings is 4. The lowest BCUT2D eigenvalue weighted by Crippen LogP contribution is -2.11. The van der Waals surface area contributed by atoms with Crippen LogP contribution in [0.5, 0.6) is 0 Å². The van der Waals surface area contributed by atoms with Crippen molar-refractivity contribution in [3.63, 3.8) is 0 Å². The van der Waals surface area contributed by atoms with Crippen LogP contribution in [-0.2, 0) is 14.2 Å². The summed E-state index contributed by atoms with van der Waals surface area (Å²) in [5, 5.41) is 0. The van der Waals surface area contributed by atoms with E-state index in [4.69, 9.17) is 14.2 Å². The SMILES string of the molecule is C1CCCCC1.C1CCOCC1.C1COCOC1.Fc1cccc(F)c1.Fc1ccccc1.Fc1ccccc1.c1ccccc1. The van der Waals surface area contributed by atoms with Crippen LogP contribution in [0.25, 0.3) is 0 Å². The van der Waals surface area contributed by atoms with Gasteiger partial charge in [-0.05, 0) is 62.1 Å². The van der Waals surface area contributed by atoms with Gasteiger partial charge < -0.3 is 14.2 Å². The zero-order valence-electron chi connectivity index (χ0n) is 26.9. The van der Waals surface area contributed by atoms with E-state index in [0.717, 1.165) is 38.9 Å². The van der Waals surface area contributed by atoms with Crippen molar-refractivity contribution in [1.82, 2.24) is 0 Å². The van der Waals surface area contributed by atoms with Crippen LogP contribution in [0.2, 0.25) is 0 Å². The fourth-order valence-electron chi connectivity index (χ4n) is 3.86. The summed E-state index contributed by atoms with van der Waals surface area (Å²) in [5.74, 6) is -1.43. The largest absolute Gasteiger partial charge is 0.381 e. The molecule has 1 saturated carbocycles. The highest BCUT2D eigenvalue weighted by Gasteiger charge is 1.96. The van der Waals surface area contributed by atoms with Crippen LogP contribution >= 0.6 is 0 Å². The molecule has 3 aliphatic rings. The first-order chi connectivity index (χ1) is 22.6. The average Bonchev–Trinajstić information content (AvgIpc) is 3.14. The molecule has 7 heteroatoms. The second kappa shape index (κ2) is 31.5. The van der Waals surface area contributed by atoms with Gasteiger partial charge in [-0.25, -0.2) is 17.6 Å². The molecule has 0 spiro atoms. The van der Waals surface area contributed by atoms with E-state index in [1.54, 1.807) is 36.4 Å². The minimum atomic E-state index is -0.537. The summed E-state index contributed by atoms with van der Waals surface area (Å²) in [6.07, 6.45) is 14.0. The summed E-state index contributed by atoms with van der Waals surface area (Å²) in [4.78, 5) is 0. The van der Waals surface area contributed by atoms with Crippen molar-refractivity contribution in [2.24, 2.45) is 0 Å². The zero-order valence-corrected chi connectivity index (χ0v) is 26.9. The van der Waals surface area contributed by atoms with Gasteiger partial charge >= 0.3 is 0 Å². The predicted molar refractivity (Wildman–Crippen MR) is 179 cm³/mol. The van der Waals surface area contributed by atoms with Crippen LogP contribution in [0.15, 0.2) is 121 Å². The van der Waals surface area contributed by atoms with Crippen LogP contribution in [0, 0.1) is 23.3 Å². The lowest BCUT2D eigenvalue weighted by molar-refractivity contribution is -0.0963. The molecule has 3 nitrogen and oxygen atoms in total. The Kier molecular flexibility index (Phi) is 27.7. The number of rotatable bonds is 0. The molecule has 0 amide bonds. The Morgan fingerprint density at radius 1 is 0.304 bits per heavy atom. The molecule has 3 fully saturated rings. The van der Waals surface area contributed by atoms with Crippen LogP contribution in [0.3, 0.4) is 0 Å². The van der Waals surface area contributed by atoms with E-state index >= 15 is 0 Å². The van der Waals surface area contributed by atoms with Gasteiger partial charge in [-0.15, -0.1) is 0 Å². The molecule has 0 radical (unpaired) electrons. The van der Waals surface area contributed by atoms with Crippen LogP contribution < -0.4 is 0 Å². The third-order valence-corrected chi connectivity index (χ3v) is 6.24. The minimum absolute atomic E-state index is 0.178. The summed E-state index contributed by atoms with van der Waals surface area (Å²) in [6.45, 7) is 4.25. The standard InChI is InChI=1S/C6H4F2.2C6H5F.C6H12.C6H6.C5H10O.C4H8O2/c7-5-2-1-3-6(8)4-5;2*7-6-4-2-1-3-5-6;3*1-2-4-6-5-3-1;1-2-5-4-6-3-1/h1-4H;2*1-5H;1-6H2;1-6H;1-5H2;1-4H2. The van der Waals surface area contributed by atoms with Crippen LogP contribution in [-0.4, -0.2) is 33.2 Å². The molecule has 0 N–H and O–H groups in total. The molecular weight excluding hydrogens is 592 g/mol. The first-order valence-electron chi connectivity index (χ1n) is 16.1. The number of halogens is 4. The fraction of sp³-hybridized carbons (Fsp3) is 0.385. The van der Waals surface area contributed by atoms with Crippen molar-refractivity contribution >= 4 is 0 Å². The number of hydrogen-bond donors (Lipinski definition) is 0. The van der Waals surface area contributed by atoms with Gasteiger partial charge in [0.2, 0.25) is 0 Å². The van der Waals surface area contributed by atoms with Crippen molar-refractivity contribution in [3.05, 3.63) is 145 Å². The van der Waals surface area contributed by atoms with Crippen molar-refractivity contribution in [1.29, 1.82) is 0 Å². The topological polar surface area (TPSA) is 27.7 Å². The molecule has 0 aromatic heterocycles. The smallest absolute Gasteiger partial charge is 0.146 e. The second-order valence-corrected chi connectivity index (χ2v) is 10.3. The van der Waals surface area contributed by atoms with Crippen molar-refractivity contribution in [2.45, 2.75) is 64.2 Å². The van der Waals surface area contributed by atoms with Crippen LogP contribution in [0.1, 0.15) is 64.2 Å². The summed E-state index contributed by atoms with van der Waals surface area (Å²) in [5.41, 5.74) is 0. The highest BCUT2D eigenvalue weighted by atomic mass is 19.1. The Balaban J connectivity index is 0.000000269. The molecule has 252 valence electrons. The lowest BCUT2D eigenvalue weighted by atomic mass is 10.0. The fourth-order valence-corrected chi connectivity index (χ4v) is 3.86. The summed E-state index contributed by atoms with van der Waals surface area (Å²) in [7, 11) is 0. The second-order valence-electron chi connectivity index (χ2n) is 10.3. The molecule has 1 aliphatic carbocycles. The maximum Gasteiger partial charge on any atom is 0.146 e. The minimum Gasteiger partial charge on any atom is -0.381 e. The Morgan fingerprint density at radius 2 is 0.609 bits per heavy atom. The summed E-state index contributed by atoms with van der Waals surface area (Å²) < 4.78 is 62.4. The van der Waals surface area contributed by atoms with Gasteiger partial charge in [0.25, 0.3) is 0 Å². The Morgan fingerprint density at radius 3 is 0.783 bits per heavy atom. The molecular formula is C39H50F4O3. The highest BCUT2D eigenvalue weighted by molar-refractivity contribution is 5.05. The molecule has 0 unspecified atom stereocenters. The molecule has 2 heterocycles. The molecule has 4 aromatic carbocycles. The van der Waals surface area contributed by atoms with Crippen molar-refractivity contribution in [2.75, 3.05) is 33.2 Å². The summed E-state index contributed by atoms with van der Waals surface area (Å²) >= 11 is 0. The quantitative estimate of drug-likeness (QED) is 0.179. The van der Waals surface area contributed by atoms with E-state index < -0.39 is 11.6 Å². The van der Waals surface area contributed by atoms with E-state index in [1.165, 1.54) is 100 Å². The van der Waals surface area contributed by atoms with E-state index in [2.05, 4.69) is 0 Å². The monoisotopic (exact) mass is 642 g/mol. The van der Waals surface area contributed by atoms with Crippen molar-refractivity contribution in [3.8, 4) is 0 Å². The normalized spacial score (nSPS) is 14.7. The molecule has 4 aromatic rings. The maximum atomic E-state index is 11.9. The Bertz CT molecular complexity index is 995. The van der Waals surface area contributed by atoms with E-state index in [0.29, 0.717) is 6.79 Å². The van der Waals surface area contributed by atoms with Crippen molar-refractivity contribution < 1.29 is 31.8 Å². The van der Waals surface area contributed by atoms with Gasteiger partial charge in [0, 0.05) is 19.3 Å². The molecule has 0 bridgehead atoms. The average molecular weight is 643 g/mol. The highest BCUT2D eigenvalue weighted by Crippen LogP contribution is 2.15. The number of hydrogen-bond acceptors (Lipinski definition) is 3. The van der Waals surface area contributed by atoms with Gasteiger partial charge in [0.15, 0.2) is 0 Å². The van der Waals surface area contributed by atoms with Gasteiger partial charge in [0.05, 0.1) is 13.2 Å². The van der Waals surface area contributed by atoms with Gasteiger partial charge in [-0.2, -0.15) is 0 Å². The lowest BCUT2D eigenvalue weighted by Gasteiger charge is -2.09. The number of ether oxygens (including phenoxy) is 3. The third kappa shape index (κ3) is 29.2. The zero-order chi connectivity index (χ0) is 33.2. The molecule has 2 aliphatic heterocycles. The molecule has 0 atom stereocenters. The summed E-state index contributed by atoms with van der Waals surface area (Å²) in [6, 6.07) is 32.4. The van der Waals surface area contributed by atoms with Gasteiger partial charge in [-0.3, -0.25) is 0 Å². The maximum absolute atomic E-state index is 11.9. The molecule has 2 saturated heterocycles. The van der Waals surface area contributed by atoms with E-state index in [-0.39, 0.29) is 11.6 Å². The van der Waals surface area contributed by atoms with E-state index in [9.17, 15) is 17.6 Å². The third-order valence-electron chi connectivity index (χ3n) is 6.24. The van der Waals surface area contributed by atoms with E-state index in [1.807, 2.05) is 36.4 Å². The Labute approximate surface area is 273 Å². The predicted octanol–water partition coefficient (Wildman–Crippen LogP) is 11.2. The molecule has 46 heavy (non-hydrogen) atoms. The van der Waals surface area contributed by atoms with Crippen LogP contribution in [0.4, 0.5) is 17.6 Å².